The molecule has 2 rings (SSSR count). The van der Waals surface area contributed by atoms with E-state index in [-0.39, 0.29) is 5.97 Å². The Morgan fingerprint density at radius 1 is 1.44 bits per heavy atom. The fourth-order valence-corrected chi connectivity index (χ4v) is 2.04. The highest BCUT2D eigenvalue weighted by atomic mass is 16.5. The van der Waals surface area contributed by atoms with Gasteiger partial charge in [0.25, 0.3) is 0 Å². The lowest BCUT2D eigenvalue weighted by molar-refractivity contribution is 0.0601. The molecule has 0 N–H and O–H groups in total. The molecule has 2 aromatic rings. The number of carbonyl (C=O) groups excluding carboxylic acids is 1. The number of methoxy groups -OCH3 is 1. The standard InChI is InChI=1S/C14H18N2O2/c1-4-5-6-13-15-11-8-7-10(14(17)18-3)9-12(11)16(13)2/h7-9H,4-6H2,1-3H3. The number of aryl methyl sites for hydroxylation is 2. The molecule has 18 heavy (non-hydrogen) atoms. The number of rotatable bonds is 4. The van der Waals surface area contributed by atoms with Crippen molar-refractivity contribution in [1.82, 2.24) is 9.55 Å². The maximum absolute atomic E-state index is 11.5. The second kappa shape index (κ2) is 5.21. The number of hydrogen-bond acceptors (Lipinski definition) is 3. The summed E-state index contributed by atoms with van der Waals surface area (Å²) >= 11 is 0. The monoisotopic (exact) mass is 246 g/mol. The van der Waals surface area contributed by atoms with Gasteiger partial charge in [-0.1, -0.05) is 13.3 Å². The number of unbranched alkanes of at least 4 members (excludes halogenated alkanes) is 1. The summed E-state index contributed by atoms with van der Waals surface area (Å²) in [4.78, 5) is 16.1. The fourth-order valence-electron chi connectivity index (χ4n) is 2.04. The Morgan fingerprint density at radius 2 is 2.22 bits per heavy atom. The Morgan fingerprint density at radius 3 is 2.89 bits per heavy atom. The molecule has 1 heterocycles. The van der Waals surface area contributed by atoms with Crippen LogP contribution in [0.25, 0.3) is 11.0 Å². The van der Waals surface area contributed by atoms with Gasteiger partial charge in [0.1, 0.15) is 5.82 Å². The number of benzene rings is 1. The van der Waals surface area contributed by atoms with Crippen molar-refractivity contribution in [1.29, 1.82) is 0 Å². The SMILES string of the molecule is CCCCc1nc2ccc(C(=O)OC)cc2n1C. The smallest absolute Gasteiger partial charge is 0.337 e. The molecule has 0 aliphatic heterocycles. The van der Waals surface area contributed by atoms with Crippen LogP contribution in [0.2, 0.25) is 0 Å². The van der Waals surface area contributed by atoms with Gasteiger partial charge in [-0.25, -0.2) is 9.78 Å². The first-order chi connectivity index (χ1) is 8.67. The summed E-state index contributed by atoms with van der Waals surface area (Å²) in [5.41, 5.74) is 2.47. The maximum Gasteiger partial charge on any atom is 0.337 e. The van der Waals surface area contributed by atoms with E-state index in [0.717, 1.165) is 36.1 Å². The number of hydrogen-bond donors (Lipinski definition) is 0. The average Bonchev–Trinajstić information content (AvgIpc) is 2.72. The third kappa shape index (κ3) is 2.23. The molecule has 0 radical (unpaired) electrons. The van der Waals surface area contributed by atoms with Crippen LogP contribution < -0.4 is 0 Å². The first-order valence-corrected chi connectivity index (χ1v) is 6.21. The second-order valence-corrected chi connectivity index (χ2v) is 4.39. The Bertz CT molecular complexity index is 572. The molecule has 4 heteroatoms. The molecule has 0 atom stereocenters. The molecule has 0 fully saturated rings. The summed E-state index contributed by atoms with van der Waals surface area (Å²) in [7, 11) is 3.38. The van der Waals surface area contributed by atoms with Crippen LogP contribution in [0.4, 0.5) is 0 Å². The summed E-state index contributed by atoms with van der Waals surface area (Å²) < 4.78 is 6.78. The molecule has 1 aromatic carbocycles. The first kappa shape index (κ1) is 12.6. The zero-order valence-electron chi connectivity index (χ0n) is 11.1. The predicted octanol–water partition coefficient (Wildman–Crippen LogP) is 2.70. The largest absolute Gasteiger partial charge is 0.465 e. The second-order valence-electron chi connectivity index (χ2n) is 4.39. The molecule has 0 amide bonds. The van der Waals surface area contributed by atoms with E-state index in [2.05, 4.69) is 16.5 Å². The molecule has 96 valence electrons. The molecule has 1 aromatic heterocycles. The molecule has 0 spiro atoms. The summed E-state index contributed by atoms with van der Waals surface area (Å²) in [6.45, 7) is 2.16. The fraction of sp³-hybridized carbons (Fsp3) is 0.429. The number of aromatic nitrogens is 2. The van der Waals surface area contributed by atoms with E-state index in [9.17, 15) is 4.79 Å². The highest BCUT2D eigenvalue weighted by Gasteiger charge is 2.11. The summed E-state index contributed by atoms with van der Waals surface area (Å²) in [6.07, 6.45) is 3.24. The van der Waals surface area contributed by atoms with Gasteiger partial charge in [0.2, 0.25) is 0 Å². The molecule has 0 aliphatic carbocycles. The zero-order valence-corrected chi connectivity index (χ0v) is 11.1. The van der Waals surface area contributed by atoms with Crippen LogP contribution >= 0.6 is 0 Å². The summed E-state index contributed by atoms with van der Waals surface area (Å²) in [5, 5.41) is 0. The van der Waals surface area contributed by atoms with Gasteiger partial charge in [-0.05, 0) is 24.6 Å². The van der Waals surface area contributed by atoms with Crippen molar-refractivity contribution in [3.05, 3.63) is 29.6 Å². The third-order valence-corrected chi connectivity index (χ3v) is 3.15. The molecule has 0 bridgehead atoms. The van der Waals surface area contributed by atoms with Crippen LogP contribution in [-0.2, 0) is 18.2 Å². The van der Waals surface area contributed by atoms with Gasteiger partial charge < -0.3 is 9.30 Å². The minimum atomic E-state index is -0.312. The van der Waals surface area contributed by atoms with Gasteiger partial charge in [-0.15, -0.1) is 0 Å². The van der Waals surface area contributed by atoms with Crippen LogP contribution in [0.1, 0.15) is 35.9 Å². The zero-order chi connectivity index (χ0) is 13.1. The van der Waals surface area contributed by atoms with Crippen molar-refractivity contribution in [2.45, 2.75) is 26.2 Å². The van der Waals surface area contributed by atoms with Crippen molar-refractivity contribution < 1.29 is 9.53 Å². The number of esters is 1. The number of ether oxygens (including phenoxy) is 1. The average molecular weight is 246 g/mol. The Kier molecular flexibility index (Phi) is 3.65. The third-order valence-electron chi connectivity index (χ3n) is 3.15. The molecule has 0 unspecified atom stereocenters. The van der Waals surface area contributed by atoms with Crippen LogP contribution in [0, 0.1) is 0 Å². The van der Waals surface area contributed by atoms with Crippen molar-refractivity contribution in [3.63, 3.8) is 0 Å². The molecular weight excluding hydrogens is 228 g/mol. The Balaban J connectivity index is 2.43. The van der Waals surface area contributed by atoms with Gasteiger partial charge >= 0.3 is 5.97 Å². The van der Waals surface area contributed by atoms with Gasteiger partial charge in [0, 0.05) is 13.5 Å². The van der Waals surface area contributed by atoms with E-state index in [4.69, 9.17) is 4.74 Å². The maximum atomic E-state index is 11.5. The van der Waals surface area contributed by atoms with Gasteiger partial charge in [0.05, 0.1) is 23.7 Å². The summed E-state index contributed by atoms with van der Waals surface area (Å²) in [6, 6.07) is 5.46. The van der Waals surface area contributed by atoms with E-state index in [1.165, 1.54) is 7.11 Å². The number of fused-ring (bicyclic) bond motifs is 1. The van der Waals surface area contributed by atoms with Crippen LogP contribution in [0.3, 0.4) is 0 Å². The topological polar surface area (TPSA) is 44.1 Å². The van der Waals surface area contributed by atoms with Crippen molar-refractivity contribution in [3.8, 4) is 0 Å². The van der Waals surface area contributed by atoms with Crippen molar-refractivity contribution in [2.75, 3.05) is 7.11 Å². The van der Waals surface area contributed by atoms with Crippen LogP contribution in [0.15, 0.2) is 18.2 Å². The van der Waals surface area contributed by atoms with E-state index in [0.29, 0.717) is 5.56 Å². The lowest BCUT2D eigenvalue weighted by Crippen LogP contribution is -2.01. The minimum absolute atomic E-state index is 0.312. The number of imidazole rings is 1. The van der Waals surface area contributed by atoms with E-state index in [1.54, 1.807) is 6.07 Å². The first-order valence-electron chi connectivity index (χ1n) is 6.21. The van der Waals surface area contributed by atoms with Gasteiger partial charge in [-0.3, -0.25) is 0 Å². The number of nitrogens with zero attached hydrogens (tertiary/aromatic N) is 2. The highest BCUT2D eigenvalue weighted by Crippen LogP contribution is 2.18. The molecule has 4 nitrogen and oxygen atoms in total. The predicted molar refractivity (Wildman–Crippen MR) is 70.7 cm³/mol. The van der Waals surface area contributed by atoms with Crippen molar-refractivity contribution >= 4 is 17.0 Å². The van der Waals surface area contributed by atoms with Crippen LogP contribution in [0.5, 0.6) is 0 Å². The molecule has 0 aliphatic rings. The number of carbonyl (C=O) groups is 1. The minimum Gasteiger partial charge on any atom is -0.465 e. The van der Waals surface area contributed by atoms with Crippen LogP contribution in [-0.4, -0.2) is 22.6 Å². The summed E-state index contributed by atoms with van der Waals surface area (Å²) in [5.74, 6) is 0.752. The Hall–Kier alpha value is -1.84. The van der Waals surface area contributed by atoms with Gasteiger partial charge in [-0.2, -0.15) is 0 Å². The van der Waals surface area contributed by atoms with E-state index < -0.39 is 0 Å². The lowest BCUT2D eigenvalue weighted by Gasteiger charge is -2.02. The highest BCUT2D eigenvalue weighted by molar-refractivity contribution is 5.93. The Labute approximate surface area is 107 Å². The molecular formula is C14H18N2O2. The normalized spacial score (nSPS) is 10.8. The van der Waals surface area contributed by atoms with E-state index in [1.807, 2.05) is 19.2 Å². The van der Waals surface area contributed by atoms with E-state index >= 15 is 0 Å². The molecule has 0 saturated carbocycles. The quantitative estimate of drug-likeness (QED) is 0.779. The lowest BCUT2D eigenvalue weighted by atomic mass is 10.2. The van der Waals surface area contributed by atoms with Gasteiger partial charge in [0.15, 0.2) is 0 Å². The molecule has 0 saturated heterocycles. The van der Waals surface area contributed by atoms with Crippen molar-refractivity contribution in [2.24, 2.45) is 7.05 Å².